The predicted molar refractivity (Wildman–Crippen MR) is 101 cm³/mol. The van der Waals surface area contributed by atoms with Gasteiger partial charge in [0, 0.05) is 18.8 Å². The molecule has 0 saturated carbocycles. The zero-order valence-electron chi connectivity index (χ0n) is 15.9. The molecule has 1 aliphatic rings. The minimum absolute atomic E-state index is 0.0808. The molecule has 7 heteroatoms. The second kappa shape index (κ2) is 7.50. The van der Waals surface area contributed by atoms with E-state index in [9.17, 15) is 9.18 Å². The average Bonchev–Trinajstić information content (AvgIpc) is 3.14. The van der Waals surface area contributed by atoms with Gasteiger partial charge in [0.2, 0.25) is 0 Å². The van der Waals surface area contributed by atoms with Crippen molar-refractivity contribution < 1.29 is 13.7 Å². The third-order valence-electron chi connectivity index (χ3n) is 5.02. The van der Waals surface area contributed by atoms with E-state index in [0.29, 0.717) is 29.4 Å². The molecule has 1 atom stereocenters. The second-order valence-electron chi connectivity index (χ2n) is 7.04. The van der Waals surface area contributed by atoms with Crippen molar-refractivity contribution in [2.24, 2.45) is 0 Å². The van der Waals surface area contributed by atoms with Crippen molar-refractivity contribution in [3.63, 3.8) is 0 Å². The number of hydrogen-bond acceptors (Lipinski definition) is 5. The topological polar surface area (TPSA) is 72.1 Å². The van der Waals surface area contributed by atoms with Crippen LogP contribution in [0.5, 0.6) is 0 Å². The molecule has 2 aromatic heterocycles. The lowest BCUT2D eigenvalue weighted by Gasteiger charge is -2.36. The summed E-state index contributed by atoms with van der Waals surface area (Å²) in [7, 11) is 0. The largest absolute Gasteiger partial charge is 0.356 e. The summed E-state index contributed by atoms with van der Waals surface area (Å²) in [5.41, 5.74) is 2.26. The molecule has 1 unspecified atom stereocenters. The van der Waals surface area contributed by atoms with E-state index in [4.69, 9.17) is 4.52 Å². The number of aryl methyl sites for hydroxylation is 2. The molecule has 0 N–H and O–H groups in total. The number of halogens is 1. The Morgan fingerprint density at radius 2 is 2.07 bits per heavy atom. The number of carbonyl (C=O) groups excluding carboxylic acids is 1. The van der Waals surface area contributed by atoms with Gasteiger partial charge in [0.05, 0.1) is 28.6 Å². The molecule has 1 aliphatic heterocycles. The van der Waals surface area contributed by atoms with Gasteiger partial charge in [-0.1, -0.05) is 17.3 Å². The summed E-state index contributed by atoms with van der Waals surface area (Å²) in [6.45, 7) is 4.21. The number of hydrogen-bond donors (Lipinski definition) is 0. The summed E-state index contributed by atoms with van der Waals surface area (Å²) in [4.78, 5) is 23.8. The number of nitrogens with zero attached hydrogens (tertiary/aromatic N) is 4. The molecule has 0 spiro atoms. The Bertz CT molecular complexity index is 1020. The highest BCUT2D eigenvalue weighted by atomic mass is 19.1. The SMILES string of the molecule is Cc1cc(-c2cnc(C)nc2C2CCCCN2C(=O)c2ccccc2F)on1. The van der Waals surface area contributed by atoms with Gasteiger partial charge in [-0.3, -0.25) is 4.79 Å². The van der Waals surface area contributed by atoms with Gasteiger partial charge in [-0.2, -0.15) is 0 Å². The molecule has 0 bridgehead atoms. The van der Waals surface area contributed by atoms with Gasteiger partial charge < -0.3 is 9.42 Å². The molecule has 0 aliphatic carbocycles. The maximum Gasteiger partial charge on any atom is 0.257 e. The van der Waals surface area contributed by atoms with Crippen LogP contribution in [0.15, 0.2) is 41.1 Å². The molecule has 28 heavy (non-hydrogen) atoms. The third-order valence-corrected chi connectivity index (χ3v) is 5.02. The number of amides is 1. The van der Waals surface area contributed by atoms with Gasteiger partial charge in [0.1, 0.15) is 11.6 Å². The highest BCUT2D eigenvalue weighted by Gasteiger charge is 2.33. The standard InChI is InChI=1S/C21H21FN4O2/c1-13-11-19(28-25-13)16-12-23-14(2)24-20(16)18-9-5-6-10-26(18)21(27)15-7-3-4-8-17(15)22/h3-4,7-8,11-12,18H,5-6,9-10H2,1-2H3. The van der Waals surface area contributed by atoms with Crippen LogP contribution >= 0.6 is 0 Å². The smallest absolute Gasteiger partial charge is 0.257 e. The fourth-order valence-electron chi connectivity index (χ4n) is 3.67. The molecular weight excluding hydrogens is 359 g/mol. The first-order chi connectivity index (χ1) is 13.5. The number of benzene rings is 1. The third kappa shape index (κ3) is 3.40. The summed E-state index contributed by atoms with van der Waals surface area (Å²) in [5, 5.41) is 3.95. The van der Waals surface area contributed by atoms with Crippen molar-refractivity contribution >= 4 is 5.91 Å². The zero-order chi connectivity index (χ0) is 19.7. The van der Waals surface area contributed by atoms with Gasteiger partial charge in [0.15, 0.2) is 5.76 Å². The Morgan fingerprint density at radius 1 is 1.25 bits per heavy atom. The first-order valence-corrected chi connectivity index (χ1v) is 9.37. The molecule has 4 rings (SSSR count). The van der Waals surface area contributed by atoms with Gasteiger partial charge in [-0.05, 0) is 45.2 Å². The predicted octanol–water partition coefficient (Wildman–Crippen LogP) is 4.25. The van der Waals surface area contributed by atoms with Gasteiger partial charge in [0.25, 0.3) is 5.91 Å². The summed E-state index contributed by atoms with van der Waals surface area (Å²) < 4.78 is 19.7. The molecule has 1 amide bonds. The van der Waals surface area contributed by atoms with Gasteiger partial charge in [-0.15, -0.1) is 0 Å². The van der Waals surface area contributed by atoms with Gasteiger partial charge in [-0.25, -0.2) is 14.4 Å². The molecule has 1 fully saturated rings. The minimum atomic E-state index is -0.512. The van der Waals surface area contributed by atoms with Crippen LogP contribution in [0.25, 0.3) is 11.3 Å². The summed E-state index contributed by atoms with van der Waals surface area (Å²) in [6, 6.07) is 7.63. The molecule has 1 aromatic carbocycles. The average molecular weight is 380 g/mol. The van der Waals surface area contributed by atoms with Crippen molar-refractivity contribution in [2.75, 3.05) is 6.54 Å². The van der Waals surface area contributed by atoms with Crippen molar-refractivity contribution in [2.45, 2.75) is 39.2 Å². The van der Waals surface area contributed by atoms with Crippen LogP contribution in [0, 0.1) is 19.7 Å². The zero-order valence-corrected chi connectivity index (χ0v) is 15.9. The van der Waals surface area contributed by atoms with Crippen LogP contribution in [0.3, 0.4) is 0 Å². The molecular formula is C21H21FN4O2. The molecule has 6 nitrogen and oxygen atoms in total. The molecule has 0 radical (unpaired) electrons. The van der Waals surface area contributed by atoms with E-state index >= 15 is 0 Å². The lowest BCUT2D eigenvalue weighted by molar-refractivity contribution is 0.0601. The Morgan fingerprint density at radius 3 is 2.82 bits per heavy atom. The van der Waals surface area contributed by atoms with Crippen molar-refractivity contribution in [1.82, 2.24) is 20.0 Å². The quantitative estimate of drug-likeness (QED) is 0.679. The van der Waals surface area contributed by atoms with Crippen LogP contribution in [0.2, 0.25) is 0 Å². The highest BCUT2D eigenvalue weighted by Crippen LogP contribution is 2.36. The van der Waals surface area contributed by atoms with E-state index in [1.54, 1.807) is 23.2 Å². The Kier molecular flexibility index (Phi) is 4.90. The summed E-state index contributed by atoms with van der Waals surface area (Å²) in [5.74, 6) is 0.343. The first kappa shape index (κ1) is 18.3. The monoisotopic (exact) mass is 380 g/mol. The molecule has 3 heterocycles. The van der Waals surface area contributed by atoms with Gasteiger partial charge >= 0.3 is 0 Å². The van der Waals surface area contributed by atoms with E-state index in [0.717, 1.165) is 25.0 Å². The van der Waals surface area contributed by atoms with E-state index in [1.807, 2.05) is 19.9 Å². The van der Waals surface area contributed by atoms with E-state index in [-0.39, 0.29) is 17.5 Å². The lowest BCUT2D eigenvalue weighted by Crippen LogP contribution is -2.39. The van der Waals surface area contributed by atoms with Crippen LogP contribution in [0.4, 0.5) is 4.39 Å². The number of aromatic nitrogens is 3. The normalized spacial score (nSPS) is 17.0. The van der Waals surface area contributed by atoms with E-state index in [2.05, 4.69) is 15.1 Å². The van der Waals surface area contributed by atoms with Crippen LogP contribution in [-0.2, 0) is 0 Å². The molecule has 3 aromatic rings. The highest BCUT2D eigenvalue weighted by molar-refractivity contribution is 5.95. The fourth-order valence-corrected chi connectivity index (χ4v) is 3.67. The van der Waals surface area contributed by atoms with Crippen LogP contribution in [0.1, 0.15) is 52.9 Å². The number of likely N-dealkylation sites (tertiary alicyclic amines) is 1. The Balaban J connectivity index is 1.77. The van der Waals surface area contributed by atoms with Crippen LogP contribution in [-0.4, -0.2) is 32.5 Å². The van der Waals surface area contributed by atoms with Crippen molar-refractivity contribution in [3.05, 3.63) is 65.1 Å². The maximum absolute atomic E-state index is 14.2. The van der Waals surface area contributed by atoms with Crippen molar-refractivity contribution in [1.29, 1.82) is 0 Å². The van der Waals surface area contributed by atoms with E-state index < -0.39 is 5.82 Å². The minimum Gasteiger partial charge on any atom is -0.356 e. The Labute approximate surface area is 162 Å². The molecule has 144 valence electrons. The number of piperidine rings is 1. The lowest BCUT2D eigenvalue weighted by atomic mass is 9.94. The number of carbonyl (C=O) groups is 1. The van der Waals surface area contributed by atoms with Crippen LogP contribution < -0.4 is 0 Å². The first-order valence-electron chi connectivity index (χ1n) is 9.37. The number of rotatable bonds is 3. The second-order valence-corrected chi connectivity index (χ2v) is 7.04. The van der Waals surface area contributed by atoms with E-state index in [1.165, 1.54) is 12.1 Å². The van der Waals surface area contributed by atoms with Crippen molar-refractivity contribution in [3.8, 4) is 11.3 Å². The summed E-state index contributed by atoms with van der Waals surface area (Å²) in [6.07, 6.45) is 4.29. The fraction of sp³-hybridized carbons (Fsp3) is 0.333. The molecule has 1 saturated heterocycles. The maximum atomic E-state index is 14.2. The summed E-state index contributed by atoms with van der Waals surface area (Å²) >= 11 is 0. The Hall–Kier alpha value is -3.09.